The van der Waals surface area contributed by atoms with Gasteiger partial charge in [0.15, 0.2) is 5.96 Å². The van der Waals surface area contributed by atoms with Gasteiger partial charge in [0, 0.05) is 24.8 Å². The number of anilines is 1. The number of carbonyl (C=O) groups is 1. The summed E-state index contributed by atoms with van der Waals surface area (Å²) < 4.78 is 0. The fraction of sp³-hybridized carbons (Fsp3) is 0.273. The van der Waals surface area contributed by atoms with Crippen LogP contribution in [0.5, 0.6) is 5.75 Å². The number of hydrogen-bond acceptors (Lipinski definition) is 5. The lowest BCUT2D eigenvalue weighted by Gasteiger charge is -2.16. The standard InChI is InChI=1S/C11H13N3O3/c15-9-5-7(10(16)17)4-8(6-9)14-11-12-2-1-3-13-11/h4-6,15H,1-3H2,(H,16,17)(H2,12,13,14). The number of aliphatic imine (C=N–C) groups is 1. The molecular formula is C11H13N3O3. The van der Waals surface area contributed by atoms with Crippen LogP contribution in [-0.2, 0) is 0 Å². The predicted octanol–water partition coefficient (Wildman–Crippen LogP) is 0.852. The summed E-state index contributed by atoms with van der Waals surface area (Å²) in [5.74, 6) is -0.579. The van der Waals surface area contributed by atoms with Gasteiger partial charge in [-0.15, -0.1) is 0 Å². The van der Waals surface area contributed by atoms with Gasteiger partial charge in [0.2, 0.25) is 0 Å². The summed E-state index contributed by atoms with van der Waals surface area (Å²) >= 11 is 0. The van der Waals surface area contributed by atoms with Crippen LogP contribution in [0.1, 0.15) is 16.8 Å². The normalized spacial score (nSPS) is 14.7. The Balaban J connectivity index is 2.20. The lowest BCUT2D eigenvalue weighted by Crippen LogP contribution is -2.35. The molecule has 1 aromatic carbocycles. The van der Waals surface area contributed by atoms with E-state index in [0.29, 0.717) is 11.6 Å². The van der Waals surface area contributed by atoms with Gasteiger partial charge in [-0.25, -0.2) is 4.79 Å². The Labute approximate surface area is 98.0 Å². The first-order valence-corrected chi connectivity index (χ1v) is 5.28. The number of carboxylic acid groups (broad SMARTS) is 1. The average molecular weight is 235 g/mol. The van der Waals surface area contributed by atoms with E-state index >= 15 is 0 Å². The molecular weight excluding hydrogens is 222 g/mol. The zero-order chi connectivity index (χ0) is 12.3. The van der Waals surface area contributed by atoms with Crippen molar-refractivity contribution in [2.24, 2.45) is 4.99 Å². The lowest BCUT2D eigenvalue weighted by atomic mass is 10.2. The topological polar surface area (TPSA) is 94.0 Å². The van der Waals surface area contributed by atoms with Crippen LogP contribution in [0, 0.1) is 0 Å². The highest BCUT2D eigenvalue weighted by atomic mass is 16.4. The van der Waals surface area contributed by atoms with Gasteiger partial charge in [0.1, 0.15) is 5.75 Å². The molecule has 0 aromatic heterocycles. The third-order valence-electron chi connectivity index (χ3n) is 2.32. The molecule has 0 unspecified atom stereocenters. The van der Waals surface area contributed by atoms with Crippen molar-refractivity contribution < 1.29 is 15.0 Å². The number of nitrogens with zero attached hydrogens (tertiary/aromatic N) is 1. The van der Waals surface area contributed by atoms with Crippen LogP contribution in [0.2, 0.25) is 0 Å². The number of benzene rings is 1. The highest BCUT2D eigenvalue weighted by Crippen LogP contribution is 2.19. The number of guanidine groups is 1. The number of carboxylic acids is 1. The van der Waals surface area contributed by atoms with Crippen LogP contribution in [0.25, 0.3) is 0 Å². The molecule has 0 aliphatic carbocycles. The Morgan fingerprint density at radius 2 is 2.24 bits per heavy atom. The molecule has 4 N–H and O–H groups in total. The van der Waals surface area contributed by atoms with E-state index in [9.17, 15) is 9.90 Å². The maximum Gasteiger partial charge on any atom is 0.335 e. The molecule has 0 saturated heterocycles. The van der Waals surface area contributed by atoms with E-state index in [4.69, 9.17) is 5.11 Å². The highest BCUT2D eigenvalue weighted by molar-refractivity contribution is 5.96. The van der Waals surface area contributed by atoms with Gasteiger partial charge in [-0.1, -0.05) is 0 Å². The molecule has 17 heavy (non-hydrogen) atoms. The minimum atomic E-state index is -1.08. The van der Waals surface area contributed by atoms with Crippen molar-refractivity contribution in [2.45, 2.75) is 6.42 Å². The molecule has 0 atom stereocenters. The Morgan fingerprint density at radius 1 is 1.41 bits per heavy atom. The Kier molecular flexibility index (Phi) is 3.13. The van der Waals surface area contributed by atoms with Crippen molar-refractivity contribution in [2.75, 3.05) is 18.4 Å². The van der Waals surface area contributed by atoms with E-state index in [-0.39, 0.29) is 11.3 Å². The molecule has 0 amide bonds. The number of phenols is 1. The summed E-state index contributed by atoms with van der Waals surface area (Å²) in [5, 5.41) is 24.2. The van der Waals surface area contributed by atoms with Crippen LogP contribution in [0.3, 0.4) is 0 Å². The second kappa shape index (κ2) is 4.73. The van der Waals surface area contributed by atoms with Crippen LogP contribution < -0.4 is 10.6 Å². The van der Waals surface area contributed by atoms with E-state index in [2.05, 4.69) is 15.6 Å². The fourth-order valence-electron chi connectivity index (χ4n) is 1.56. The number of phenolic OH excluding ortho intramolecular Hbond substituents is 1. The average Bonchev–Trinajstić information content (AvgIpc) is 2.29. The molecule has 0 spiro atoms. The molecule has 1 aliphatic rings. The fourth-order valence-corrected chi connectivity index (χ4v) is 1.56. The third kappa shape index (κ3) is 2.87. The maximum atomic E-state index is 10.8. The molecule has 0 bridgehead atoms. The van der Waals surface area contributed by atoms with Gasteiger partial charge in [0.05, 0.1) is 5.56 Å². The first kappa shape index (κ1) is 11.3. The largest absolute Gasteiger partial charge is 0.508 e. The summed E-state index contributed by atoms with van der Waals surface area (Å²) in [7, 11) is 0. The number of hydrogen-bond donors (Lipinski definition) is 4. The Morgan fingerprint density at radius 3 is 2.88 bits per heavy atom. The van der Waals surface area contributed by atoms with Crippen LogP contribution in [0.15, 0.2) is 23.2 Å². The van der Waals surface area contributed by atoms with Crippen LogP contribution in [0.4, 0.5) is 5.69 Å². The third-order valence-corrected chi connectivity index (χ3v) is 2.32. The lowest BCUT2D eigenvalue weighted by molar-refractivity contribution is 0.0696. The van der Waals surface area contributed by atoms with Gasteiger partial charge in [-0.05, 0) is 18.6 Å². The van der Waals surface area contributed by atoms with Crippen molar-refractivity contribution in [3.8, 4) is 5.75 Å². The molecule has 1 aromatic rings. The number of rotatable bonds is 2. The zero-order valence-electron chi connectivity index (χ0n) is 9.10. The SMILES string of the molecule is O=C(O)c1cc(O)cc(NC2=NCCCN2)c1. The van der Waals surface area contributed by atoms with Crippen LogP contribution in [-0.4, -0.2) is 35.2 Å². The smallest absolute Gasteiger partial charge is 0.335 e. The summed E-state index contributed by atoms with van der Waals surface area (Å²) in [5.41, 5.74) is 0.527. The Bertz CT molecular complexity index is 471. The predicted molar refractivity (Wildman–Crippen MR) is 63.6 cm³/mol. The molecule has 0 saturated carbocycles. The molecule has 90 valence electrons. The highest BCUT2D eigenvalue weighted by Gasteiger charge is 2.09. The van der Waals surface area contributed by atoms with Crippen molar-refractivity contribution >= 4 is 17.6 Å². The van der Waals surface area contributed by atoms with E-state index in [1.807, 2.05) is 0 Å². The second-order valence-electron chi connectivity index (χ2n) is 3.71. The molecule has 1 aliphatic heterocycles. The summed E-state index contributed by atoms with van der Waals surface area (Å²) in [6.07, 6.45) is 0.978. The molecule has 2 rings (SSSR count). The Hall–Kier alpha value is -2.24. The van der Waals surface area contributed by atoms with E-state index in [0.717, 1.165) is 19.5 Å². The first-order chi connectivity index (χ1) is 8.15. The molecule has 1 heterocycles. The summed E-state index contributed by atoms with van der Waals surface area (Å²) in [6, 6.07) is 4.09. The van der Waals surface area contributed by atoms with E-state index in [1.165, 1.54) is 18.2 Å². The van der Waals surface area contributed by atoms with Gasteiger partial charge in [-0.2, -0.15) is 0 Å². The van der Waals surface area contributed by atoms with Crippen molar-refractivity contribution in [1.82, 2.24) is 5.32 Å². The molecule has 6 nitrogen and oxygen atoms in total. The maximum absolute atomic E-state index is 10.8. The van der Waals surface area contributed by atoms with Crippen molar-refractivity contribution in [3.05, 3.63) is 23.8 Å². The van der Waals surface area contributed by atoms with E-state index in [1.54, 1.807) is 0 Å². The minimum Gasteiger partial charge on any atom is -0.508 e. The quantitative estimate of drug-likeness (QED) is 0.609. The number of aromatic carboxylic acids is 1. The second-order valence-corrected chi connectivity index (χ2v) is 3.71. The number of nitrogens with one attached hydrogen (secondary N) is 2. The molecule has 6 heteroatoms. The minimum absolute atomic E-state index is 0.0314. The van der Waals surface area contributed by atoms with Crippen molar-refractivity contribution in [1.29, 1.82) is 0 Å². The molecule has 0 radical (unpaired) electrons. The van der Waals surface area contributed by atoms with Gasteiger partial charge in [-0.3, -0.25) is 4.99 Å². The van der Waals surface area contributed by atoms with Crippen LogP contribution >= 0.6 is 0 Å². The van der Waals surface area contributed by atoms with E-state index < -0.39 is 5.97 Å². The number of aromatic hydroxyl groups is 1. The molecule has 0 fully saturated rings. The first-order valence-electron chi connectivity index (χ1n) is 5.28. The monoisotopic (exact) mass is 235 g/mol. The zero-order valence-corrected chi connectivity index (χ0v) is 9.10. The van der Waals surface area contributed by atoms with Crippen molar-refractivity contribution in [3.63, 3.8) is 0 Å². The van der Waals surface area contributed by atoms with Gasteiger partial charge >= 0.3 is 5.97 Å². The summed E-state index contributed by atoms with van der Waals surface area (Å²) in [6.45, 7) is 1.57. The van der Waals surface area contributed by atoms with Gasteiger partial charge < -0.3 is 20.8 Å². The summed E-state index contributed by atoms with van der Waals surface area (Å²) in [4.78, 5) is 15.0. The van der Waals surface area contributed by atoms with Gasteiger partial charge in [0.25, 0.3) is 0 Å².